The summed E-state index contributed by atoms with van der Waals surface area (Å²) in [6, 6.07) is -1.72. The Labute approximate surface area is 191 Å². The molecule has 0 aromatic heterocycles. The van der Waals surface area contributed by atoms with Crippen LogP contribution < -0.4 is 10.6 Å². The summed E-state index contributed by atoms with van der Waals surface area (Å²) >= 11 is 0. The molecule has 0 radical (unpaired) electrons. The van der Waals surface area contributed by atoms with Crippen molar-refractivity contribution in [2.75, 3.05) is 0 Å². The van der Waals surface area contributed by atoms with Gasteiger partial charge in [0.15, 0.2) is 11.6 Å². The minimum atomic E-state index is -1.05. The molecule has 9 heteroatoms. The van der Waals surface area contributed by atoms with Gasteiger partial charge in [-0.15, -0.1) is 0 Å². The highest BCUT2D eigenvalue weighted by Crippen LogP contribution is 2.19. The molecule has 0 aromatic rings. The van der Waals surface area contributed by atoms with E-state index in [4.69, 9.17) is 4.74 Å². The maximum atomic E-state index is 12.8. The number of aliphatic carboxylic acids is 1. The van der Waals surface area contributed by atoms with E-state index in [9.17, 15) is 29.1 Å². The summed E-state index contributed by atoms with van der Waals surface area (Å²) in [6.07, 6.45) is -1.02. The molecule has 4 unspecified atom stereocenters. The third-order valence-electron chi connectivity index (χ3n) is 5.16. The number of carbonyl (C=O) groups excluding carboxylic acids is 4. The van der Waals surface area contributed by atoms with Gasteiger partial charge in [0.25, 0.3) is 0 Å². The molecular weight excluding hydrogens is 416 g/mol. The van der Waals surface area contributed by atoms with Gasteiger partial charge >= 0.3 is 12.1 Å². The first-order valence-corrected chi connectivity index (χ1v) is 11.0. The zero-order valence-corrected chi connectivity index (χ0v) is 20.8. The minimum Gasteiger partial charge on any atom is -0.481 e. The highest BCUT2D eigenvalue weighted by molar-refractivity contribution is 5.94. The number of rotatable bonds is 12. The number of amides is 2. The van der Waals surface area contributed by atoms with Crippen molar-refractivity contribution in [1.82, 2.24) is 10.6 Å². The zero-order valence-electron chi connectivity index (χ0n) is 20.8. The monoisotopic (exact) mass is 456 g/mol. The Morgan fingerprint density at radius 3 is 1.53 bits per heavy atom. The molecular formula is C23H40N2O7. The Morgan fingerprint density at radius 2 is 1.16 bits per heavy atom. The lowest BCUT2D eigenvalue weighted by atomic mass is 9.87. The molecule has 9 nitrogen and oxygen atoms in total. The molecule has 0 saturated carbocycles. The molecule has 2 amide bonds. The number of hydrogen-bond acceptors (Lipinski definition) is 6. The minimum absolute atomic E-state index is 0.120. The lowest BCUT2D eigenvalue weighted by Gasteiger charge is -2.25. The van der Waals surface area contributed by atoms with E-state index < -0.39 is 47.5 Å². The smallest absolute Gasteiger partial charge is 0.408 e. The van der Waals surface area contributed by atoms with E-state index in [1.165, 1.54) is 13.8 Å². The van der Waals surface area contributed by atoms with Crippen molar-refractivity contribution in [3.8, 4) is 0 Å². The second kappa shape index (κ2) is 12.6. The maximum Gasteiger partial charge on any atom is 0.408 e. The number of carboxylic acids is 1. The fourth-order valence-corrected chi connectivity index (χ4v) is 2.99. The van der Waals surface area contributed by atoms with Gasteiger partial charge in [0, 0.05) is 18.8 Å². The van der Waals surface area contributed by atoms with Crippen LogP contribution >= 0.6 is 0 Å². The molecule has 3 N–H and O–H groups in total. The number of alkyl carbamates (subject to hydrolysis) is 1. The topological polar surface area (TPSA) is 139 Å². The highest BCUT2D eigenvalue weighted by Gasteiger charge is 2.32. The summed E-state index contributed by atoms with van der Waals surface area (Å²) < 4.78 is 5.14. The highest BCUT2D eigenvalue weighted by atomic mass is 16.6. The van der Waals surface area contributed by atoms with Crippen LogP contribution in [0.15, 0.2) is 0 Å². The summed E-state index contributed by atoms with van der Waals surface area (Å²) in [7, 11) is 0. The third-order valence-corrected chi connectivity index (χ3v) is 5.16. The molecule has 0 aliphatic heterocycles. The number of hydrogen-bond donors (Lipinski definition) is 3. The van der Waals surface area contributed by atoms with Crippen LogP contribution in [0, 0.1) is 23.7 Å². The average Bonchev–Trinajstić information content (AvgIpc) is 2.60. The second-order valence-corrected chi connectivity index (χ2v) is 9.98. The first kappa shape index (κ1) is 29.5. The van der Waals surface area contributed by atoms with E-state index in [1.54, 1.807) is 48.5 Å². The predicted octanol–water partition coefficient (Wildman–Crippen LogP) is 2.95. The van der Waals surface area contributed by atoms with E-state index >= 15 is 0 Å². The molecule has 0 aromatic carbocycles. The first-order chi connectivity index (χ1) is 14.5. The van der Waals surface area contributed by atoms with Crippen molar-refractivity contribution in [3.63, 3.8) is 0 Å². The summed E-state index contributed by atoms with van der Waals surface area (Å²) in [6.45, 7) is 15.2. The normalized spacial score (nSPS) is 15.5. The Kier molecular flexibility index (Phi) is 11.6. The molecule has 4 atom stereocenters. The largest absolute Gasteiger partial charge is 0.481 e. The number of nitrogens with one attached hydrogen (secondary N) is 2. The van der Waals surface area contributed by atoms with Gasteiger partial charge < -0.3 is 20.5 Å². The number of ether oxygens (including phenoxy) is 1. The SMILES string of the molecule is CC(NC(=O)OC(C)(C)C)C(=O)CC(C(=O)NC(C)C(=O)CC(C(=O)O)C(C)C)C(C)C. The standard InChI is InChI=1S/C23H40N2O7/c1-12(2)16(10-18(26)15(6)25-22(31)32-23(7,8)9)20(28)24-14(5)19(27)11-17(13(3)4)21(29)30/h12-17H,10-11H2,1-9H3,(H,24,28)(H,25,31)(H,29,30). The number of carboxylic acid groups (broad SMARTS) is 1. The average molecular weight is 457 g/mol. The molecule has 0 bridgehead atoms. The Bertz CT molecular complexity index is 695. The lowest BCUT2D eigenvalue weighted by Crippen LogP contribution is -2.46. The first-order valence-electron chi connectivity index (χ1n) is 11.0. The third kappa shape index (κ3) is 10.7. The van der Waals surface area contributed by atoms with Crippen molar-refractivity contribution in [1.29, 1.82) is 0 Å². The molecule has 0 aliphatic rings. The van der Waals surface area contributed by atoms with Crippen LogP contribution in [-0.2, 0) is 23.9 Å². The fraction of sp³-hybridized carbons (Fsp3) is 0.783. The van der Waals surface area contributed by atoms with Gasteiger partial charge in [-0.3, -0.25) is 19.2 Å². The molecule has 0 fully saturated rings. The van der Waals surface area contributed by atoms with Gasteiger partial charge in [-0.1, -0.05) is 27.7 Å². The summed E-state index contributed by atoms with van der Waals surface area (Å²) in [5.74, 6) is -4.19. The van der Waals surface area contributed by atoms with Crippen LogP contribution in [0.3, 0.4) is 0 Å². The van der Waals surface area contributed by atoms with Crippen molar-refractivity contribution in [2.24, 2.45) is 23.7 Å². The Morgan fingerprint density at radius 1 is 0.750 bits per heavy atom. The maximum absolute atomic E-state index is 12.8. The zero-order chi connectivity index (χ0) is 25.4. The van der Waals surface area contributed by atoms with Crippen LogP contribution in [0.4, 0.5) is 4.79 Å². The fourth-order valence-electron chi connectivity index (χ4n) is 2.99. The molecule has 0 aliphatic carbocycles. The number of Topliss-reactive ketones (excluding diaryl/α,β-unsaturated/α-hetero) is 2. The molecule has 184 valence electrons. The van der Waals surface area contributed by atoms with Gasteiger partial charge in [0.05, 0.1) is 18.0 Å². The summed E-state index contributed by atoms with van der Waals surface area (Å²) in [5.41, 5.74) is -0.703. The van der Waals surface area contributed by atoms with Crippen molar-refractivity contribution < 1.29 is 33.8 Å². The van der Waals surface area contributed by atoms with Crippen LogP contribution in [-0.4, -0.2) is 52.3 Å². The quantitative estimate of drug-likeness (QED) is 0.410. The second-order valence-electron chi connectivity index (χ2n) is 9.98. The van der Waals surface area contributed by atoms with Crippen molar-refractivity contribution in [3.05, 3.63) is 0 Å². The van der Waals surface area contributed by atoms with Crippen LogP contribution in [0.2, 0.25) is 0 Å². The van der Waals surface area contributed by atoms with Gasteiger partial charge in [0.2, 0.25) is 5.91 Å². The molecule has 0 saturated heterocycles. The van der Waals surface area contributed by atoms with E-state index in [2.05, 4.69) is 10.6 Å². The molecule has 0 spiro atoms. The summed E-state index contributed by atoms with van der Waals surface area (Å²) in [4.78, 5) is 61.1. The Balaban J connectivity index is 5.04. The van der Waals surface area contributed by atoms with Gasteiger partial charge in [-0.2, -0.15) is 0 Å². The van der Waals surface area contributed by atoms with Gasteiger partial charge in [-0.05, 0) is 46.5 Å². The predicted molar refractivity (Wildman–Crippen MR) is 120 cm³/mol. The van der Waals surface area contributed by atoms with Crippen LogP contribution in [0.5, 0.6) is 0 Å². The molecule has 0 heterocycles. The van der Waals surface area contributed by atoms with Crippen LogP contribution in [0.1, 0.15) is 75.2 Å². The van der Waals surface area contributed by atoms with Gasteiger partial charge in [-0.25, -0.2) is 4.79 Å². The number of carbonyl (C=O) groups is 5. The summed E-state index contributed by atoms with van der Waals surface area (Å²) in [5, 5.41) is 14.4. The van der Waals surface area contributed by atoms with Crippen molar-refractivity contribution >= 4 is 29.5 Å². The Hall–Kier alpha value is -2.45. The lowest BCUT2D eigenvalue weighted by molar-refractivity contribution is -0.145. The van der Waals surface area contributed by atoms with Gasteiger partial charge in [0.1, 0.15) is 5.60 Å². The van der Waals surface area contributed by atoms with Crippen molar-refractivity contribution in [2.45, 2.75) is 92.8 Å². The molecule has 32 heavy (non-hydrogen) atoms. The molecule has 0 rings (SSSR count). The number of ketones is 2. The van der Waals surface area contributed by atoms with E-state index in [0.717, 1.165) is 0 Å². The van der Waals surface area contributed by atoms with E-state index in [-0.39, 0.29) is 36.2 Å². The van der Waals surface area contributed by atoms with Crippen LogP contribution in [0.25, 0.3) is 0 Å². The van der Waals surface area contributed by atoms with E-state index in [1.807, 2.05) is 0 Å². The van der Waals surface area contributed by atoms with E-state index in [0.29, 0.717) is 0 Å².